The fourth-order valence-electron chi connectivity index (χ4n) is 3.19. The molecule has 0 N–H and O–H groups in total. The van der Waals surface area contributed by atoms with Gasteiger partial charge in [0, 0.05) is 72.0 Å². The van der Waals surface area contributed by atoms with E-state index in [-0.39, 0.29) is 0 Å². The van der Waals surface area contributed by atoms with Crippen LogP contribution < -0.4 is 0 Å². The van der Waals surface area contributed by atoms with E-state index in [1.165, 1.54) is 11.1 Å². The molecule has 0 atom stereocenters. The van der Waals surface area contributed by atoms with Crippen molar-refractivity contribution in [2.75, 3.05) is 11.5 Å². The fourth-order valence-corrected chi connectivity index (χ4v) is 5.18. The first-order valence-corrected chi connectivity index (χ1v) is 13.0. The van der Waals surface area contributed by atoms with Crippen LogP contribution in [0.25, 0.3) is 0 Å². The molecule has 0 bridgehead atoms. The van der Waals surface area contributed by atoms with Crippen LogP contribution in [-0.2, 0) is 24.3 Å². The normalized spacial score (nSPS) is 10.9. The summed E-state index contributed by atoms with van der Waals surface area (Å²) in [7, 11) is 0. The third kappa shape index (κ3) is 7.46. The van der Waals surface area contributed by atoms with Crippen LogP contribution in [0.15, 0.2) is 85.5 Å². The summed E-state index contributed by atoms with van der Waals surface area (Å²) >= 11 is 3.86. The summed E-state index contributed by atoms with van der Waals surface area (Å²) in [6, 6.07) is 20.6. The van der Waals surface area contributed by atoms with Crippen molar-refractivity contribution >= 4 is 23.5 Å². The molecule has 0 amide bonds. The third-order valence-electron chi connectivity index (χ3n) is 4.87. The van der Waals surface area contributed by atoms with Crippen LogP contribution in [-0.4, -0.2) is 31.4 Å². The number of thioether (sulfide) groups is 2. The van der Waals surface area contributed by atoms with E-state index in [0.717, 1.165) is 58.6 Å². The van der Waals surface area contributed by atoms with Gasteiger partial charge in [0.05, 0.1) is 11.4 Å². The quantitative estimate of drug-likeness (QED) is 0.272. The largest absolute Gasteiger partial charge is 0.261 e. The topological polar surface area (TPSA) is 51.6 Å². The Kier molecular flexibility index (Phi) is 8.69. The van der Waals surface area contributed by atoms with Crippen molar-refractivity contribution in [1.82, 2.24) is 19.9 Å². The van der Waals surface area contributed by atoms with Gasteiger partial charge in [0.1, 0.15) is 0 Å². The van der Waals surface area contributed by atoms with E-state index in [2.05, 4.69) is 44.2 Å². The number of hydrogen-bond acceptors (Lipinski definition) is 6. The van der Waals surface area contributed by atoms with E-state index < -0.39 is 0 Å². The van der Waals surface area contributed by atoms with Crippen LogP contribution in [0.5, 0.6) is 0 Å². The van der Waals surface area contributed by atoms with Gasteiger partial charge in [-0.2, -0.15) is 23.5 Å². The van der Waals surface area contributed by atoms with Crippen LogP contribution in [0.4, 0.5) is 0 Å². The highest BCUT2D eigenvalue weighted by Crippen LogP contribution is 2.17. The van der Waals surface area contributed by atoms with E-state index in [0.29, 0.717) is 0 Å². The van der Waals surface area contributed by atoms with Gasteiger partial charge in [0.25, 0.3) is 0 Å². The Morgan fingerprint density at radius 1 is 0.500 bits per heavy atom. The van der Waals surface area contributed by atoms with Gasteiger partial charge in [-0.05, 0) is 47.5 Å². The Hall–Kier alpha value is -2.70. The molecule has 0 radical (unpaired) electrons. The number of rotatable bonds is 11. The molecule has 0 saturated heterocycles. The zero-order valence-corrected chi connectivity index (χ0v) is 19.6. The molecule has 0 fully saturated rings. The van der Waals surface area contributed by atoms with Crippen molar-refractivity contribution in [3.05, 3.63) is 119 Å². The highest BCUT2D eigenvalue weighted by Gasteiger charge is 2.02. The summed E-state index contributed by atoms with van der Waals surface area (Å²) < 4.78 is 0. The molecule has 0 aliphatic rings. The van der Waals surface area contributed by atoms with Crippen LogP contribution in [0.3, 0.4) is 0 Å². The van der Waals surface area contributed by atoms with E-state index in [9.17, 15) is 0 Å². The summed E-state index contributed by atoms with van der Waals surface area (Å²) in [5.41, 5.74) is 6.82. The number of pyridine rings is 4. The summed E-state index contributed by atoms with van der Waals surface area (Å²) in [5.74, 6) is 4.12. The number of nitrogens with zero attached hydrogens (tertiary/aromatic N) is 4. The Bertz CT molecular complexity index is 967. The van der Waals surface area contributed by atoms with Gasteiger partial charge < -0.3 is 0 Å². The third-order valence-corrected chi connectivity index (χ3v) is 7.11. The molecule has 4 aromatic heterocycles. The van der Waals surface area contributed by atoms with Gasteiger partial charge in [-0.15, -0.1) is 0 Å². The molecule has 4 heterocycles. The zero-order valence-electron chi connectivity index (χ0n) is 17.9. The molecule has 6 heteroatoms. The molecule has 0 spiro atoms. The average molecular weight is 459 g/mol. The molecule has 0 aromatic carbocycles. The molecule has 0 aliphatic carbocycles. The monoisotopic (exact) mass is 458 g/mol. The molecule has 162 valence electrons. The predicted octanol–water partition coefficient (Wildman–Crippen LogP) is 5.61. The Morgan fingerprint density at radius 2 is 1.00 bits per heavy atom. The Balaban J connectivity index is 1.11. The molecule has 4 rings (SSSR count). The van der Waals surface area contributed by atoms with Crippen LogP contribution in [0.1, 0.15) is 33.9 Å². The summed E-state index contributed by atoms with van der Waals surface area (Å²) in [6.07, 6.45) is 9.28. The van der Waals surface area contributed by atoms with Gasteiger partial charge in [-0.3, -0.25) is 19.9 Å². The van der Waals surface area contributed by atoms with E-state index >= 15 is 0 Å². The van der Waals surface area contributed by atoms with Gasteiger partial charge in [-0.25, -0.2) is 0 Å². The lowest BCUT2D eigenvalue weighted by Crippen LogP contribution is -1.96. The average Bonchev–Trinajstić information content (AvgIpc) is 2.85. The maximum Gasteiger partial charge on any atom is 0.0502 e. The van der Waals surface area contributed by atoms with Crippen LogP contribution in [0.2, 0.25) is 0 Å². The van der Waals surface area contributed by atoms with E-state index in [1.54, 1.807) is 0 Å². The van der Waals surface area contributed by atoms with Gasteiger partial charge in [-0.1, -0.05) is 24.3 Å². The second kappa shape index (κ2) is 12.4. The lowest BCUT2D eigenvalue weighted by atomic mass is 10.1. The first-order valence-electron chi connectivity index (χ1n) is 10.7. The van der Waals surface area contributed by atoms with Gasteiger partial charge in [0.2, 0.25) is 0 Å². The molecule has 32 heavy (non-hydrogen) atoms. The molecule has 4 nitrogen and oxygen atoms in total. The van der Waals surface area contributed by atoms with Crippen molar-refractivity contribution in [3.8, 4) is 0 Å². The summed E-state index contributed by atoms with van der Waals surface area (Å²) in [4.78, 5) is 18.0. The molecular weight excluding hydrogens is 432 g/mol. The minimum atomic E-state index is 0.829. The van der Waals surface area contributed by atoms with Crippen molar-refractivity contribution in [1.29, 1.82) is 0 Å². The maximum atomic E-state index is 4.61. The van der Waals surface area contributed by atoms with E-state index in [4.69, 9.17) is 0 Å². The molecule has 0 unspecified atom stereocenters. The lowest BCUT2D eigenvalue weighted by molar-refractivity contribution is 1.04. The van der Waals surface area contributed by atoms with Crippen LogP contribution in [0, 0.1) is 0 Å². The summed E-state index contributed by atoms with van der Waals surface area (Å²) in [6.45, 7) is 0. The van der Waals surface area contributed by atoms with Gasteiger partial charge in [0.15, 0.2) is 0 Å². The second-order valence-electron chi connectivity index (χ2n) is 7.42. The SMILES string of the molecule is c1ccc(Cc2ccc(CSCCSCc3ccc(Cc4ccccn4)cn3)nc2)nc1. The molecule has 4 aromatic rings. The van der Waals surface area contributed by atoms with Crippen molar-refractivity contribution in [3.63, 3.8) is 0 Å². The molecule has 0 aliphatic heterocycles. The first kappa shape index (κ1) is 22.5. The molecule has 0 saturated carbocycles. The summed E-state index contributed by atoms with van der Waals surface area (Å²) in [5, 5.41) is 0. The maximum absolute atomic E-state index is 4.61. The van der Waals surface area contributed by atoms with Crippen molar-refractivity contribution in [2.24, 2.45) is 0 Å². The minimum absolute atomic E-state index is 0.829. The van der Waals surface area contributed by atoms with E-state index in [1.807, 2.05) is 84.7 Å². The fraction of sp³-hybridized carbons (Fsp3) is 0.231. The smallest absolute Gasteiger partial charge is 0.0502 e. The highest BCUT2D eigenvalue weighted by atomic mass is 32.2. The molecular formula is C26H26N4S2. The lowest BCUT2D eigenvalue weighted by Gasteiger charge is -2.05. The van der Waals surface area contributed by atoms with Crippen LogP contribution >= 0.6 is 23.5 Å². The number of aromatic nitrogens is 4. The second-order valence-corrected chi connectivity index (χ2v) is 9.63. The van der Waals surface area contributed by atoms with Gasteiger partial charge >= 0.3 is 0 Å². The first-order chi connectivity index (χ1) is 15.8. The number of hydrogen-bond donors (Lipinski definition) is 0. The Morgan fingerprint density at radius 3 is 1.38 bits per heavy atom. The van der Waals surface area contributed by atoms with Crippen molar-refractivity contribution < 1.29 is 0 Å². The standard InChI is InChI=1S/C26H26N4S2/c1-3-11-27-23(5-1)15-21-7-9-25(29-17-21)19-31-13-14-32-20-26-10-8-22(18-30-26)16-24-6-2-4-12-28-24/h1-12,17-18H,13-16,19-20H2. The minimum Gasteiger partial charge on any atom is -0.261 e. The van der Waals surface area contributed by atoms with Crippen molar-refractivity contribution in [2.45, 2.75) is 24.3 Å². The highest BCUT2D eigenvalue weighted by molar-refractivity contribution is 8.02. The Labute approximate surface area is 198 Å². The predicted molar refractivity (Wildman–Crippen MR) is 135 cm³/mol. The zero-order chi connectivity index (χ0) is 21.8.